The van der Waals surface area contributed by atoms with Crippen LogP contribution in [-0.4, -0.2) is 62.5 Å². The number of nitrogens with zero attached hydrogens (tertiary/aromatic N) is 2. The zero-order valence-corrected chi connectivity index (χ0v) is 22.1. The van der Waals surface area contributed by atoms with Gasteiger partial charge < -0.3 is 15.2 Å². The van der Waals surface area contributed by atoms with Crippen molar-refractivity contribution < 1.29 is 40.2 Å². The van der Waals surface area contributed by atoms with Gasteiger partial charge in [0.2, 0.25) is 0 Å². The van der Waals surface area contributed by atoms with Gasteiger partial charge in [0.05, 0.1) is 18.9 Å². The third kappa shape index (κ3) is 7.36. The fourth-order valence-corrected chi connectivity index (χ4v) is 4.51. The third-order valence-corrected chi connectivity index (χ3v) is 6.48. The molecule has 0 amide bonds. The van der Waals surface area contributed by atoms with E-state index >= 15 is 4.39 Å². The van der Waals surface area contributed by atoms with Gasteiger partial charge in [-0.2, -0.15) is 18.3 Å². The largest absolute Gasteiger partial charge is 0.461 e. The predicted octanol–water partition coefficient (Wildman–Crippen LogP) is 4.17. The molecule has 39 heavy (non-hydrogen) atoms. The number of rotatable bonds is 8. The molecule has 0 aliphatic rings. The van der Waals surface area contributed by atoms with E-state index < -0.39 is 51.0 Å². The first-order valence-corrected chi connectivity index (χ1v) is 13.5. The Labute approximate surface area is 226 Å². The lowest BCUT2D eigenvalue weighted by Gasteiger charge is -2.14. The van der Waals surface area contributed by atoms with Crippen molar-refractivity contribution in [3.05, 3.63) is 64.6 Å². The summed E-state index contributed by atoms with van der Waals surface area (Å²) in [5.74, 6) is 3.12. The van der Waals surface area contributed by atoms with Crippen LogP contribution in [0.4, 0.5) is 17.6 Å². The van der Waals surface area contributed by atoms with Gasteiger partial charge in [-0.15, -0.1) is 0 Å². The van der Waals surface area contributed by atoms with Gasteiger partial charge in [-0.25, -0.2) is 22.3 Å². The van der Waals surface area contributed by atoms with E-state index in [2.05, 4.69) is 16.9 Å². The van der Waals surface area contributed by atoms with Gasteiger partial charge in [-0.3, -0.25) is 0 Å². The molecule has 3 aromatic rings. The zero-order valence-electron chi connectivity index (χ0n) is 20.6. The molecule has 1 heterocycles. The molecule has 1 atom stereocenters. The minimum absolute atomic E-state index is 0.0568. The first-order valence-electron chi connectivity index (χ1n) is 11.2. The highest BCUT2D eigenvalue weighted by Crippen LogP contribution is 2.34. The normalized spacial score (nSPS) is 12.5. The molecule has 14 heteroatoms. The van der Waals surface area contributed by atoms with Gasteiger partial charge in [0, 0.05) is 22.4 Å². The standard InChI is InChI=1S/C25H22ClF4N3O5S/c1-3-38-24(34)21-23(39(2,35)36)22(16-7-9-17(26)10-8-16)33(32-21)19-11-6-15(13-18(19)27)5-4-12-37-14-20(31)25(28,29)30/h6-11,13,20H,3,12,14,31H2,1-2H3. The Morgan fingerprint density at radius 2 is 1.87 bits per heavy atom. The lowest BCUT2D eigenvalue weighted by Crippen LogP contribution is -2.41. The summed E-state index contributed by atoms with van der Waals surface area (Å²) in [4.78, 5) is 12.2. The van der Waals surface area contributed by atoms with Crippen LogP contribution in [0, 0.1) is 17.7 Å². The summed E-state index contributed by atoms with van der Waals surface area (Å²) < 4.78 is 88.9. The molecule has 1 aromatic heterocycles. The fraction of sp³-hybridized carbons (Fsp3) is 0.280. The number of carbonyl (C=O) groups excluding carboxylic acids is 1. The second-order valence-electron chi connectivity index (χ2n) is 8.07. The molecule has 0 radical (unpaired) electrons. The molecular weight excluding hydrogens is 566 g/mol. The number of sulfone groups is 1. The van der Waals surface area contributed by atoms with E-state index in [1.54, 1.807) is 0 Å². The number of ether oxygens (including phenoxy) is 2. The maximum Gasteiger partial charge on any atom is 0.405 e. The molecule has 208 valence electrons. The van der Waals surface area contributed by atoms with Gasteiger partial charge in [0.15, 0.2) is 15.5 Å². The number of esters is 1. The van der Waals surface area contributed by atoms with Crippen LogP contribution in [0.3, 0.4) is 0 Å². The summed E-state index contributed by atoms with van der Waals surface area (Å²) in [5.41, 5.74) is 4.54. The molecular formula is C25H22ClF4N3O5S. The van der Waals surface area contributed by atoms with Crippen molar-refractivity contribution in [2.75, 3.05) is 26.1 Å². The number of nitrogens with two attached hydrogens (primary N) is 1. The highest BCUT2D eigenvalue weighted by atomic mass is 35.5. The molecule has 0 spiro atoms. The van der Waals surface area contributed by atoms with Crippen LogP contribution in [0.25, 0.3) is 16.9 Å². The molecule has 8 nitrogen and oxygen atoms in total. The first-order chi connectivity index (χ1) is 18.2. The summed E-state index contributed by atoms with van der Waals surface area (Å²) in [5, 5.41) is 4.46. The van der Waals surface area contributed by atoms with E-state index in [-0.39, 0.29) is 35.7 Å². The minimum atomic E-state index is -4.60. The lowest BCUT2D eigenvalue weighted by molar-refractivity contribution is -0.158. The molecule has 0 fully saturated rings. The number of carbonyl (C=O) groups is 1. The Morgan fingerprint density at radius 3 is 2.44 bits per heavy atom. The predicted molar refractivity (Wildman–Crippen MR) is 135 cm³/mol. The Balaban J connectivity index is 2.05. The second-order valence-corrected chi connectivity index (χ2v) is 10.5. The van der Waals surface area contributed by atoms with Gasteiger partial charge >= 0.3 is 12.1 Å². The Morgan fingerprint density at radius 1 is 1.21 bits per heavy atom. The van der Waals surface area contributed by atoms with E-state index in [0.29, 0.717) is 5.02 Å². The lowest BCUT2D eigenvalue weighted by atomic mass is 10.1. The van der Waals surface area contributed by atoms with Crippen molar-refractivity contribution >= 4 is 27.4 Å². The van der Waals surface area contributed by atoms with E-state index in [9.17, 15) is 26.4 Å². The third-order valence-electron chi connectivity index (χ3n) is 5.10. The fourth-order valence-electron chi connectivity index (χ4n) is 3.35. The average Bonchev–Trinajstić information content (AvgIpc) is 3.25. The molecule has 2 N–H and O–H groups in total. The van der Waals surface area contributed by atoms with Gasteiger partial charge in [-0.05, 0) is 37.3 Å². The number of halogens is 5. The van der Waals surface area contributed by atoms with E-state index in [1.165, 1.54) is 43.3 Å². The van der Waals surface area contributed by atoms with E-state index in [0.717, 1.165) is 17.0 Å². The Hall–Kier alpha value is -3.44. The quantitative estimate of drug-likeness (QED) is 0.182. The molecule has 1 unspecified atom stereocenters. The molecule has 2 aromatic carbocycles. The van der Waals surface area contributed by atoms with E-state index in [1.807, 2.05) is 0 Å². The summed E-state index contributed by atoms with van der Waals surface area (Å²) in [6.45, 7) is 0.306. The van der Waals surface area contributed by atoms with Crippen LogP contribution in [0.15, 0.2) is 47.4 Å². The summed E-state index contributed by atoms with van der Waals surface area (Å²) in [6.07, 6.45) is -3.72. The van der Waals surface area contributed by atoms with E-state index in [4.69, 9.17) is 26.8 Å². The maximum absolute atomic E-state index is 15.3. The highest BCUT2D eigenvalue weighted by molar-refractivity contribution is 7.91. The van der Waals surface area contributed by atoms with Gasteiger partial charge in [0.1, 0.15) is 29.0 Å². The first kappa shape index (κ1) is 30.1. The SMILES string of the molecule is CCOC(=O)c1nn(-c2ccc(C#CCOCC(N)C(F)(F)F)cc2F)c(-c2ccc(Cl)cc2)c1S(C)(=O)=O. The van der Waals surface area contributed by atoms with Crippen molar-refractivity contribution in [3.8, 4) is 28.8 Å². The molecule has 0 aliphatic carbocycles. The van der Waals surface area contributed by atoms with Crippen LogP contribution in [0.5, 0.6) is 0 Å². The van der Waals surface area contributed by atoms with Crippen molar-refractivity contribution in [2.24, 2.45) is 5.73 Å². The van der Waals surface area contributed by atoms with Crippen LogP contribution < -0.4 is 5.73 Å². The summed E-state index contributed by atoms with van der Waals surface area (Å²) in [6, 6.07) is 7.45. The second kappa shape index (κ2) is 12.2. The monoisotopic (exact) mass is 587 g/mol. The number of benzene rings is 2. The average molecular weight is 588 g/mol. The number of alkyl halides is 3. The summed E-state index contributed by atoms with van der Waals surface area (Å²) in [7, 11) is -4.08. The van der Waals surface area contributed by atoms with Crippen LogP contribution in [-0.2, 0) is 19.3 Å². The van der Waals surface area contributed by atoms with Crippen molar-refractivity contribution in [1.29, 1.82) is 0 Å². The highest BCUT2D eigenvalue weighted by Gasteiger charge is 2.36. The van der Waals surface area contributed by atoms with Crippen LogP contribution >= 0.6 is 11.6 Å². The smallest absolute Gasteiger partial charge is 0.405 e. The van der Waals surface area contributed by atoms with Gasteiger partial charge in [0.25, 0.3) is 0 Å². The molecule has 3 rings (SSSR count). The molecule has 0 saturated heterocycles. The zero-order chi connectivity index (χ0) is 29.0. The molecule has 0 saturated carbocycles. The minimum Gasteiger partial charge on any atom is -0.461 e. The van der Waals surface area contributed by atoms with Crippen LogP contribution in [0.1, 0.15) is 23.0 Å². The number of aromatic nitrogens is 2. The van der Waals surface area contributed by atoms with Crippen molar-refractivity contribution in [3.63, 3.8) is 0 Å². The van der Waals surface area contributed by atoms with Crippen LogP contribution in [0.2, 0.25) is 5.02 Å². The number of hydrogen-bond acceptors (Lipinski definition) is 7. The molecule has 0 aliphatic heterocycles. The van der Waals surface area contributed by atoms with Gasteiger partial charge in [-0.1, -0.05) is 35.6 Å². The number of hydrogen-bond donors (Lipinski definition) is 1. The topological polar surface area (TPSA) is 114 Å². The van der Waals surface area contributed by atoms with Crippen molar-refractivity contribution in [2.45, 2.75) is 24.0 Å². The Bertz CT molecular complexity index is 1530. The van der Waals surface area contributed by atoms with Crippen molar-refractivity contribution in [1.82, 2.24) is 9.78 Å². The molecule has 0 bridgehead atoms. The maximum atomic E-state index is 15.3. The summed E-state index contributed by atoms with van der Waals surface area (Å²) >= 11 is 5.97. The Kier molecular flexibility index (Phi) is 9.39.